The number of nitrogens with zero attached hydrogens (tertiary/aromatic N) is 4. The number of halogens is 4. The minimum absolute atomic E-state index is 0.122. The molecule has 0 radical (unpaired) electrons. The normalized spacial score (nSPS) is 14.8. The lowest BCUT2D eigenvalue weighted by molar-refractivity contribution is -0.137. The predicted molar refractivity (Wildman–Crippen MR) is 130 cm³/mol. The van der Waals surface area contributed by atoms with Crippen LogP contribution >= 0.6 is 23.4 Å². The van der Waals surface area contributed by atoms with E-state index in [9.17, 15) is 18.0 Å². The van der Waals surface area contributed by atoms with Crippen molar-refractivity contribution >= 4 is 40.6 Å². The fraction of sp³-hybridized carbons (Fsp3) is 0.348. The number of amides is 1. The molecule has 1 aromatic heterocycles. The minimum atomic E-state index is -4.52. The molecule has 1 amide bonds. The molecular weight excluding hydrogens is 503 g/mol. The second-order valence-corrected chi connectivity index (χ2v) is 9.17. The largest absolute Gasteiger partial charge is 0.416 e. The van der Waals surface area contributed by atoms with E-state index in [1.54, 1.807) is 24.3 Å². The van der Waals surface area contributed by atoms with Gasteiger partial charge < -0.3 is 19.5 Å². The summed E-state index contributed by atoms with van der Waals surface area (Å²) in [4.78, 5) is 16.9. The van der Waals surface area contributed by atoms with Crippen LogP contribution in [-0.4, -0.2) is 59.5 Å². The zero-order chi connectivity index (χ0) is 25.0. The van der Waals surface area contributed by atoms with E-state index in [4.69, 9.17) is 16.0 Å². The van der Waals surface area contributed by atoms with E-state index >= 15 is 0 Å². The second-order valence-electron chi connectivity index (χ2n) is 7.84. The van der Waals surface area contributed by atoms with Crippen molar-refractivity contribution in [2.24, 2.45) is 0 Å². The molecule has 0 atom stereocenters. The van der Waals surface area contributed by atoms with Gasteiger partial charge in [-0.05, 0) is 36.9 Å². The molecule has 3 aromatic rings. The Hall–Kier alpha value is -2.76. The van der Waals surface area contributed by atoms with Crippen LogP contribution < -0.4 is 10.2 Å². The highest BCUT2D eigenvalue weighted by molar-refractivity contribution is 7.99. The van der Waals surface area contributed by atoms with Crippen LogP contribution in [0.1, 0.15) is 12.5 Å². The maximum atomic E-state index is 13.3. The van der Waals surface area contributed by atoms with Crippen LogP contribution in [0.2, 0.25) is 5.02 Å². The van der Waals surface area contributed by atoms with Crippen molar-refractivity contribution in [2.45, 2.75) is 18.3 Å². The van der Waals surface area contributed by atoms with Gasteiger partial charge in [0, 0.05) is 26.2 Å². The number of alkyl halides is 3. The lowest BCUT2D eigenvalue weighted by Crippen LogP contribution is -2.46. The average molecular weight is 526 g/mol. The summed E-state index contributed by atoms with van der Waals surface area (Å²) in [6.07, 6.45) is -4.52. The van der Waals surface area contributed by atoms with Gasteiger partial charge in [-0.3, -0.25) is 4.79 Å². The number of anilines is 2. The Balaban J connectivity index is 1.45. The lowest BCUT2D eigenvalue weighted by atomic mass is 10.1. The highest BCUT2D eigenvalue weighted by atomic mass is 35.5. The van der Waals surface area contributed by atoms with Gasteiger partial charge in [0.05, 0.1) is 33.3 Å². The smallest absolute Gasteiger partial charge is 0.411 e. The maximum Gasteiger partial charge on any atom is 0.416 e. The van der Waals surface area contributed by atoms with Crippen molar-refractivity contribution in [1.29, 1.82) is 0 Å². The molecule has 1 N–H and O–H groups in total. The zero-order valence-electron chi connectivity index (χ0n) is 18.8. The molecule has 4 rings (SSSR count). The summed E-state index contributed by atoms with van der Waals surface area (Å²) in [5.74, 6) is -0.395. The number of hydrogen-bond donors (Lipinski definition) is 1. The first-order valence-corrected chi connectivity index (χ1v) is 12.3. The molecule has 1 aliphatic heterocycles. The molecule has 7 nitrogen and oxygen atoms in total. The van der Waals surface area contributed by atoms with Crippen molar-refractivity contribution in [2.75, 3.05) is 48.7 Å². The van der Waals surface area contributed by atoms with E-state index in [1.807, 2.05) is 4.90 Å². The standard InChI is InChI=1S/C23H23ClF3N5O2S/c1-2-31-9-11-32(12-10-31)19-8-7-15(23(25,26)27)13-18(19)28-20(33)14-35-22-30-29-21(34-22)16-5-3-4-6-17(16)24/h3-8,13H,2,9-12,14H2,1H3,(H,28,33). The van der Waals surface area contributed by atoms with Crippen molar-refractivity contribution in [3.05, 3.63) is 53.1 Å². The fourth-order valence-electron chi connectivity index (χ4n) is 3.72. The number of nitrogens with one attached hydrogen (secondary N) is 1. The van der Waals surface area contributed by atoms with Gasteiger partial charge >= 0.3 is 6.18 Å². The molecule has 0 saturated carbocycles. The third-order valence-corrected chi connectivity index (χ3v) is 6.74. The second kappa shape index (κ2) is 10.9. The topological polar surface area (TPSA) is 74.5 Å². The van der Waals surface area contributed by atoms with E-state index < -0.39 is 17.6 Å². The van der Waals surface area contributed by atoms with E-state index in [1.165, 1.54) is 6.07 Å². The minimum Gasteiger partial charge on any atom is -0.411 e. The molecule has 2 heterocycles. The Morgan fingerprint density at radius 3 is 2.57 bits per heavy atom. The van der Waals surface area contributed by atoms with Crippen LogP contribution in [0.3, 0.4) is 0 Å². The molecule has 0 aliphatic carbocycles. The van der Waals surface area contributed by atoms with E-state index in [-0.39, 0.29) is 22.6 Å². The van der Waals surface area contributed by atoms with E-state index in [0.717, 1.165) is 43.5 Å². The molecular formula is C23H23ClF3N5O2S. The third-order valence-electron chi connectivity index (χ3n) is 5.60. The number of carbonyl (C=O) groups excluding carboxylic acids is 1. The first-order chi connectivity index (χ1) is 16.7. The van der Waals surface area contributed by atoms with Crippen LogP contribution in [0.15, 0.2) is 52.1 Å². The van der Waals surface area contributed by atoms with Gasteiger partial charge in [0.15, 0.2) is 0 Å². The number of rotatable bonds is 7. The quantitative estimate of drug-likeness (QED) is 0.421. The highest BCUT2D eigenvalue weighted by Crippen LogP contribution is 2.36. The van der Waals surface area contributed by atoms with Gasteiger partial charge in [-0.15, -0.1) is 10.2 Å². The number of benzene rings is 2. The van der Waals surface area contributed by atoms with Crippen LogP contribution in [0.4, 0.5) is 24.5 Å². The summed E-state index contributed by atoms with van der Waals surface area (Å²) in [6, 6.07) is 10.4. The number of carbonyl (C=O) groups is 1. The Morgan fingerprint density at radius 1 is 1.14 bits per heavy atom. The van der Waals surface area contributed by atoms with Gasteiger partial charge in [0.25, 0.3) is 5.22 Å². The van der Waals surface area contributed by atoms with E-state index in [2.05, 4.69) is 27.3 Å². The predicted octanol–water partition coefficient (Wildman–Crippen LogP) is 5.28. The number of likely N-dealkylation sites (N-methyl/N-ethyl adjacent to an activating group) is 1. The van der Waals surface area contributed by atoms with Crippen LogP contribution in [0.25, 0.3) is 11.5 Å². The molecule has 1 fully saturated rings. The summed E-state index contributed by atoms with van der Waals surface area (Å²) in [6.45, 7) is 5.89. The highest BCUT2D eigenvalue weighted by Gasteiger charge is 2.32. The van der Waals surface area contributed by atoms with Crippen LogP contribution in [-0.2, 0) is 11.0 Å². The Morgan fingerprint density at radius 2 is 1.89 bits per heavy atom. The van der Waals surface area contributed by atoms with E-state index in [0.29, 0.717) is 29.4 Å². The van der Waals surface area contributed by atoms with Gasteiger partial charge in [0.2, 0.25) is 11.8 Å². The molecule has 1 saturated heterocycles. The maximum absolute atomic E-state index is 13.3. The van der Waals surface area contributed by atoms with Gasteiger partial charge in [0.1, 0.15) is 0 Å². The number of aromatic nitrogens is 2. The number of thioether (sulfide) groups is 1. The Labute approximate surface area is 209 Å². The van der Waals surface area contributed by atoms with Gasteiger partial charge in [-0.25, -0.2) is 0 Å². The van der Waals surface area contributed by atoms with Gasteiger partial charge in [-0.2, -0.15) is 13.2 Å². The van der Waals surface area contributed by atoms with Crippen molar-refractivity contribution in [3.63, 3.8) is 0 Å². The summed E-state index contributed by atoms with van der Waals surface area (Å²) in [7, 11) is 0. The van der Waals surface area contributed by atoms with Crippen LogP contribution in [0, 0.1) is 0 Å². The Bertz CT molecular complexity index is 1180. The molecule has 0 unspecified atom stereocenters. The summed E-state index contributed by atoms with van der Waals surface area (Å²) in [5, 5.41) is 11.1. The lowest BCUT2D eigenvalue weighted by Gasteiger charge is -2.36. The number of piperazine rings is 1. The molecule has 35 heavy (non-hydrogen) atoms. The molecule has 1 aliphatic rings. The zero-order valence-corrected chi connectivity index (χ0v) is 20.4. The monoisotopic (exact) mass is 525 g/mol. The first-order valence-electron chi connectivity index (χ1n) is 10.9. The van der Waals surface area contributed by atoms with Crippen LogP contribution in [0.5, 0.6) is 0 Å². The third kappa shape index (κ3) is 6.28. The van der Waals surface area contributed by atoms with Crippen molar-refractivity contribution in [3.8, 4) is 11.5 Å². The van der Waals surface area contributed by atoms with Crippen molar-refractivity contribution < 1.29 is 22.4 Å². The fourth-order valence-corrected chi connectivity index (χ4v) is 4.50. The first kappa shape index (κ1) is 25.3. The summed E-state index contributed by atoms with van der Waals surface area (Å²) < 4.78 is 45.6. The Kier molecular flexibility index (Phi) is 7.88. The summed E-state index contributed by atoms with van der Waals surface area (Å²) in [5.41, 5.74) is 0.427. The average Bonchev–Trinajstić information content (AvgIpc) is 3.31. The molecule has 12 heteroatoms. The SMILES string of the molecule is CCN1CCN(c2ccc(C(F)(F)F)cc2NC(=O)CSc2nnc(-c3ccccc3Cl)o2)CC1. The van der Waals surface area contributed by atoms with Gasteiger partial charge in [-0.1, -0.05) is 42.4 Å². The molecule has 2 aromatic carbocycles. The van der Waals surface area contributed by atoms with Crippen molar-refractivity contribution in [1.82, 2.24) is 15.1 Å². The molecule has 0 bridgehead atoms. The number of hydrogen-bond acceptors (Lipinski definition) is 7. The summed E-state index contributed by atoms with van der Waals surface area (Å²) >= 11 is 7.13. The molecule has 0 spiro atoms. The molecule has 186 valence electrons.